The largest absolute Gasteiger partial charge is 0.369 e. The molecule has 6 nitrogen and oxygen atoms in total. The standard InChI is InChI=1S/C21H21Cl2N5O/c1-27-6-8-28(9-7-27)14-3-5-18-15(11-14)20(16(12-25-18)21(24)29)26-19-4-2-13(22)10-17(19)23/h2-5,10-12H,6-9H2,1H3,(H2,24,29)(H,25,26). The lowest BCUT2D eigenvalue weighted by Gasteiger charge is -2.34. The number of likely N-dealkylation sites (N-methyl/N-ethyl adjacent to an activating group) is 1. The molecule has 2 heterocycles. The van der Waals surface area contributed by atoms with Crippen molar-refractivity contribution in [2.24, 2.45) is 5.73 Å². The molecule has 3 N–H and O–H groups in total. The summed E-state index contributed by atoms with van der Waals surface area (Å²) in [5, 5.41) is 5.07. The van der Waals surface area contributed by atoms with Crippen molar-refractivity contribution in [1.82, 2.24) is 9.88 Å². The van der Waals surface area contributed by atoms with Crippen LogP contribution in [0.2, 0.25) is 10.0 Å². The van der Waals surface area contributed by atoms with E-state index in [2.05, 4.69) is 33.2 Å². The van der Waals surface area contributed by atoms with Crippen molar-refractivity contribution < 1.29 is 4.79 Å². The summed E-state index contributed by atoms with van der Waals surface area (Å²) in [7, 11) is 2.12. The Bertz CT molecular complexity index is 1080. The predicted molar refractivity (Wildman–Crippen MR) is 120 cm³/mol. The highest BCUT2D eigenvalue weighted by Crippen LogP contribution is 2.35. The number of hydrogen-bond donors (Lipinski definition) is 2. The highest BCUT2D eigenvalue weighted by atomic mass is 35.5. The maximum atomic E-state index is 12.1. The van der Waals surface area contributed by atoms with Gasteiger partial charge in [0.05, 0.1) is 27.5 Å². The molecular weight excluding hydrogens is 409 g/mol. The van der Waals surface area contributed by atoms with E-state index >= 15 is 0 Å². The number of hydrogen-bond acceptors (Lipinski definition) is 5. The number of halogens is 2. The molecule has 0 saturated carbocycles. The number of nitrogens with one attached hydrogen (secondary N) is 1. The number of aromatic nitrogens is 1. The SMILES string of the molecule is CN1CCN(c2ccc3ncc(C(N)=O)c(Nc4ccc(Cl)cc4Cl)c3c2)CC1. The second kappa shape index (κ2) is 8.06. The van der Waals surface area contributed by atoms with Gasteiger partial charge in [0, 0.05) is 48.5 Å². The van der Waals surface area contributed by atoms with E-state index < -0.39 is 5.91 Å². The van der Waals surface area contributed by atoms with Gasteiger partial charge in [-0.05, 0) is 43.4 Å². The summed E-state index contributed by atoms with van der Waals surface area (Å²) in [6.45, 7) is 3.89. The van der Waals surface area contributed by atoms with Crippen molar-refractivity contribution in [1.29, 1.82) is 0 Å². The van der Waals surface area contributed by atoms with E-state index in [9.17, 15) is 4.79 Å². The minimum atomic E-state index is -0.558. The minimum Gasteiger partial charge on any atom is -0.369 e. The Morgan fingerprint density at radius 3 is 2.55 bits per heavy atom. The minimum absolute atomic E-state index is 0.305. The Hall–Kier alpha value is -2.54. The van der Waals surface area contributed by atoms with E-state index in [0.29, 0.717) is 27.0 Å². The number of nitrogens with two attached hydrogens (primary N) is 1. The van der Waals surface area contributed by atoms with Gasteiger partial charge in [-0.15, -0.1) is 0 Å². The van der Waals surface area contributed by atoms with Gasteiger partial charge in [-0.1, -0.05) is 23.2 Å². The van der Waals surface area contributed by atoms with Crippen LogP contribution in [0.1, 0.15) is 10.4 Å². The summed E-state index contributed by atoms with van der Waals surface area (Å²) in [6, 6.07) is 11.2. The molecule has 8 heteroatoms. The molecule has 1 saturated heterocycles. The number of carbonyl (C=O) groups excluding carboxylic acids is 1. The lowest BCUT2D eigenvalue weighted by Crippen LogP contribution is -2.44. The third kappa shape index (κ3) is 4.10. The molecule has 1 amide bonds. The van der Waals surface area contributed by atoms with Gasteiger partial charge in [0.15, 0.2) is 0 Å². The van der Waals surface area contributed by atoms with Crippen LogP contribution in [-0.4, -0.2) is 49.0 Å². The summed E-state index contributed by atoms with van der Waals surface area (Å²) >= 11 is 12.3. The molecule has 3 aromatic rings. The second-order valence-electron chi connectivity index (χ2n) is 7.15. The number of benzene rings is 2. The van der Waals surface area contributed by atoms with Crippen LogP contribution in [0.15, 0.2) is 42.6 Å². The molecule has 0 radical (unpaired) electrons. The Labute approximate surface area is 179 Å². The summed E-state index contributed by atoms with van der Waals surface area (Å²) in [5.41, 5.74) is 9.00. The summed E-state index contributed by atoms with van der Waals surface area (Å²) in [4.78, 5) is 21.1. The molecular formula is C21H21Cl2N5O. The average Bonchev–Trinajstić information content (AvgIpc) is 2.70. The fraction of sp³-hybridized carbons (Fsp3) is 0.238. The average molecular weight is 430 g/mol. The van der Waals surface area contributed by atoms with Gasteiger partial charge in [0.25, 0.3) is 5.91 Å². The van der Waals surface area contributed by atoms with Crippen LogP contribution < -0.4 is 16.0 Å². The number of nitrogens with zero attached hydrogens (tertiary/aromatic N) is 3. The molecule has 150 valence electrons. The third-order valence-corrected chi connectivity index (χ3v) is 5.72. The zero-order chi connectivity index (χ0) is 20.5. The van der Waals surface area contributed by atoms with Crippen LogP contribution >= 0.6 is 23.2 Å². The summed E-state index contributed by atoms with van der Waals surface area (Å²) < 4.78 is 0. The smallest absolute Gasteiger partial charge is 0.252 e. The van der Waals surface area contributed by atoms with Crippen molar-refractivity contribution in [3.63, 3.8) is 0 Å². The Morgan fingerprint density at radius 1 is 1.10 bits per heavy atom. The van der Waals surface area contributed by atoms with Crippen molar-refractivity contribution >= 4 is 57.1 Å². The quantitative estimate of drug-likeness (QED) is 0.651. The Kier molecular flexibility index (Phi) is 5.50. The maximum absolute atomic E-state index is 12.1. The molecule has 1 fully saturated rings. The number of pyridine rings is 1. The number of amides is 1. The van der Waals surface area contributed by atoms with Crippen molar-refractivity contribution in [3.05, 3.63) is 58.2 Å². The van der Waals surface area contributed by atoms with E-state index in [1.54, 1.807) is 18.2 Å². The topological polar surface area (TPSA) is 74.5 Å². The second-order valence-corrected chi connectivity index (χ2v) is 8.00. The number of rotatable bonds is 4. The highest BCUT2D eigenvalue weighted by Gasteiger charge is 2.18. The fourth-order valence-electron chi connectivity index (χ4n) is 3.49. The monoisotopic (exact) mass is 429 g/mol. The molecule has 0 aliphatic carbocycles. The first-order valence-electron chi connectivity index (χ1n) is 9.30. The van der Waals surface area contributed by atoms with Crippen LogP contribution in [0.3, 0.4) is 0 Å². The van der Waals surface area contributed by atoms with Crippen molar-refractivity contribution in [2.45, 2.75) is 0 Å². The molecule has 4 rings (SSSR count). The molecule has 0 unspecified atom stereocenters. The van der Waals surface area contributed by atoms with Gasteiger partial charge < -0.3 is 20.9 Å². The molecule has 1 aliphatic heterocycles. The van der Waals surface area contributed by atoms with Gasteiger partial charge in [0.1, 0.15) is 0 Å². The van der Waals surface area contributed by atoms with E-state index in [1.807, 2.05) is 12.1 Å². The normalized spacial score (nSPS) is 14.9. The van der Waals surface area contributed by atoms with Crippen molar-refractivity contribution in [2.75, 3.05) is 43.4 Å². The van der Waals surface area contributed by atoms with E-state index in [-0.39, 0.29) is 0 Å². The lowest BCUT2D eigenvalue weighted by atomic mass is 10.1. The van der Waals surface area contributed by atoms with Gasteiger partial charge in [-0.25, -0.2) is 0 Å². The number of primary amides is 1. The summed E-state index contributed by atoms with van der Waals surface area (Å²) in [5.74, 6) is -0.558. The first kappa shape index (κ1) is 19.8. The Balaban J connectivity index is 1.81. The van der Waals surface area contributed by atoms with Gasteiger partial charge >= 0.3 is 0 Å². The number of carbonyl (C=O) groups is 1. The van der Waals surface area contributed by atoms with Crippen LogP contribution in [0.5, 0.6) is 0 Å². The number of fused-ring (bicyclic) bond motifs is 1. The van der Waals surface area contributed by atoms with Crippen LogP contribution in [0.25, 0.3) is 10.9 Å². The molecule has 0 bridgehead atoms. The first-order chi connectivity index (χ1) is 13.9. The lowest BCUT2D eigenvalue weighted by molar-refractivity contribution is 0.100. The predicted octanol–water partition coefficient (Wildman–Crippen LogP) is 4.14. The van der Waals surface area contributed by atoms with Crippen molar-refractivity contribution in [3.8, 4) is 0 Å². The van der Waals surface area contributed by atoms with E-state index in [1.165, 1.54) is 6.20 Å². The van der Waals surface area contributed by atoms with Gasteiger partial charge in [-0.3, -0.25) is 9.78 Å². The third-order valence-electron chi connectivity index (χ3n) is 5.18. The first-order valence-corrected chi connectivity index (χ1v) is 10.1. The van der Waals surface area contributed by atoms with E-state index in [0.717, 1.165) is 42.8 Å². The molecule has 0 spiro atoms. The number of piperazine rings is 1. The van der Waals surface area contributed by atoms with Crippen LogP contribution in [-0.2, 0) is 0 Å². The Morgan fingerprint density at radius 2 is 1.86 bits per heavy atom. The zero-order valence-corrected chi connectivity index (χ0v) is 17.5. The molecule has 29 heavy (non-hydrogen) atoms. The van der Waals surface area contributed by atoms with Gasteiger partial charge in [0.2, 0.25) is 0 Å². The summed E-state index contributed by atoms with van der Waals surface area (Å²) in [6.07, 6.45) is 1.49. The van der Waals surface area contributed by atoms with Crippen LogP contribution in [0.4, 0.5) is 17.1 Å². The number of anilines is 3. The molecule has 2 aromatic carbocycles. The molecule has 1 aliphatic rings. The zero-order valence-electron chi connectivity index (χ0n) is 16.0. The fourth-order valence-corrected chi connectivity index (χ4v) is 3.94. The van der Waals surface area contributed by atoms with Gasteiger partial charge in [-0.2, -0.15) is 0 Å². The highest BCUT2D eigenvalue weighted by molar-refractivity contribution is 6.36. The van der Waals surface area contributed by atoms with E-state index in [4.69, 9.17) is 28.9 Å². The molecule has 0 atom stereocenters. The molecule has 1 aromatic heterocycles. The van der Waals surface area contributed by atoms with Crippen LogP contribution in [0, 0.1) is 0 Å². The maximum Gasteiger partial charge on any atom is 0.252 e.